The molecule has 0 saturated heterocycles. The molecule has 2 N–H and O–H groups in total. The summed E-state index contributed by atoms with van der Waals surface area (Å²) in [5.74, 6) is 0.361. The van der Waals surface area contributed by atoms with E-state index in [-0.39, 0.29) is 11.6 Å². The van der Waals surface area contributed by atoms with Gasteiger partial charge in [-0.15, -0.1) is 0 Å². The number of carbonyl (C=O) groups is 1. The van der Waals surface area contributed by atoms with E-state index in [1.165, 1.54) is 6.20 Å². The molecule has 1 aromatic carbocycles. The van der Waals surface area contributed by atoms with Crippen LogP contribution in [0.25, 0.3) is 0 Å². The zero-order chi connectivity index (χ0) is 11.4. The van der Waals surface area contributed by atoms with Gasteiger partial charge in [0, 0.05) is 11.8 Å². The maximum absolute atomic E-state index is 11.6. The Balaban J connectivity index is 2.12. The Bertz CT molecular complexity index is 481. The van der Waals surface area contributed by atoms with Gasteiger partial charge in [0.25, 0.3) is 5.91 Å². The van der Waals surface area contributed by atoms with Crippen LogP contribution >= 0.6 is 0 Å². The van der Waals surface area contributed by atoms with E-state index in [0.717, 1.165) is 0 Å². The van der Waals surface area contributed by atoms with Crippen LogP contribution in [0.4, 0.5) is 5.69 Å². The largest absolute Gasteiger partial charge is 0.497 e. The number of carbonyl (C=O) groups excluding carboxylic acids is 1. The summed E-state index contributed by atoms with van der Waals surface area (Å²) in [4.78, 5) is 11.6. The number of nitrogens with zero attached hydrogens (tertiary/aromatic N) is 2. The Morgan fingerprint density at radius 1 is 1.50 bits per heavy atom. The summed E-state index contributed by atoms with van der Waals surface area (Å²) in [6.45, 7) is 0. The van der Waals surface area contributed by atoms with Crippen LogP contribution in [0.5, 0.6) is 5.75 Å². The highest BCUT2D eigenvalue weighted by Gasteiger charge is 2.08. The smallest absolute Gasteiger partial charge is 0.277 e. The SMILES string of the molecule is COc1cccc(NC(=O)c2cn[nH]n2)c1. The van der Waals surface area contributed by atoms with Crippen LogP contribution in [0, 0.1) is 0 Å². The van der Waals surface area contributed by atoms with Gasteiger partial charge in [0.05, 0.1) is 13.3 Å². The summed E-state index contributed by atoms with van der Waals surface area (Å²) in [5, 5.41) is 12.3. The van der Waals surface area contributed by atoms with Crippen LogP contribution in [0.1, 0.15) is 10.5 Å². The standard InChI is InChI=1S/C10H10N4O2/c1-16-8-4-2-3-7(5-8)12-10(15)9-6-11-14-13-9/h2-6H,1H3,(H,12,15)(H,11,13,14). The van der Waals surface area contributed by atoms with Gasteiger partial charge in [-0.25, -0.2) is 0 Å². The first kappa shape index (κ1) is 10.2. The highest BCUT2D eigenvalue weighted by atomic mass is 16.5. The molecule has 6 nitrogen and oxygen atoms in total. The molecule has 0 bridgehead atoms. The van der Waals surface area contributed by atoms with Crippen molar-refractivity contribution in [2.24, 2.45) is 0 Å². The fourth-order valence-electron chi connectivity index (χ4n) is 1.21. The molecule has 0 radical (unpaired) electrons. The minimum Gasteiger partial charge on any atom is -0.497 e. The van der Waals surface area contributed by atoms with Gasteiger partial charge in [0.15, 0.2) is 5.69 Å². The summed E-state index contributed by atoms with van der Waals surface area (Å²) in [7, 11) is 1.57. The van der Waals surface area contributed by atoms with Gasteiger partial charge in [0.1, 0.15) is 5.75 Å². The number of amides is 1. The third-order valence-corrected chi connectivity index (χ3v) is 1.98. The number of aromatic amines is 1. The van der Waals surface area contributed by atoms with Crippen LogP contribution in [-0.2, 0) is 0 Å². The second-order valence-corrected chi connectivity index (χ2v) is 3.04. The van der Waals surface area contributed by atoms with E-state index in [9.17, 15) is 4.79 Å². The fourth-order valence-corrected chi connectivity index (χ4v) is 1.21. The number of methoxy groups -OCH3 is 1. The Kier molecular flexibility index (Phi) is 2.81. The molecule has 0 aliphatic rings. The van der Waals surface area contributed by atoms with E-state index in [0.29, 0.717) is 11.4 Å². The molecule has 0 unspecified atom stereocenters. The van der Waals surface area contributed by atoms with Crippen LogP contribution in [0.3, 0.4) is 0 Å². The molecule has 6 heteroatoms. The molecular weight excluding hydrogens is 208 g/mol. The summed E-state index contributed by atoms with van der Waals surface area (Å²) in [6, 6.07) is 7.07. The molecule has 0 aliphatic heterocycles. The molecule has 0 saturated carbocycles. The van der Waals surface area contributed by atoms with Gasteiger partial charge in [-0.05, 0) is 12.1 Å². The number of hydrogen-bond acceptors (Lipinski definition) is 4. The molecule has 0 spiro atoms. The number of benzene rings is 1. The van der Waals surface area contributed by atoms with Crippen LogP contribution in [0.2, 0.25) is 0 Å². The van der Waals surface area contributed by atoms with Gasteiger partial charge in [-0.3, -0.25) is 4.79 Å². The predicted octanol–water partition coefficient (Wildman–Crippen LogP) is 1.07. The van der Waals surface area contributed by atoms with Crippen LogP contribution < -0.4 is 10.1 Å². The second kappa shape index (κ2) is 4.43. The summed E-state index contributed by atoms with van der Waals surface area (Å²) in [6.07, 6.45) is 1.36. The highest BCUT2D eigenvalue weighted by Crippen LogP contribution is 2.16. The topological polar surface area (TPSA) is 79.9 Å². The van der Waals surface area contributed by atoms with Crippen molar-refractivity contribution in [1.82, 2.24) is 15.4 Å². The van der Waals surface area contributed by atoms with Crippen molar-refractivity contribution in [3.05, 3.63) is 36.2 Å². The van der Waals surface area contributed by atoms with Crippen molar-refractivity contribution in [3.63, 3.8) is 0 Å². The summed E-state index contributed by atoms with van der Waals surface area (Å²) < 4.78 is 5.04. The van der Waals surface area contributed by atoms with E-state index >= 15 is 0 Å². The molecule has 82 valence electrons. The summed E-state index contributed by atoms with van der Waals surface area (Å²) in [5.41, 5.74) is 0.884. The molecule has 16 heavy (non-hydrogen) atoms. The number of nitrogens with one attached hydrogen (secondary N) is 2. The number of H-pyrrole nitrogens is 1. The first-order valence-electron chi connectivity index (χ1n) is 4.61. The molecule has 0 fully saturated rings. The minimum atomic E-state index is -0.318. The quantitative estimate of drug-likeness (QED) is 0.807. The third kappa shape index (κ3) is 2.17. The van der Waals surface area contributed by atoms with Crippen molar-refractivity contribution in [1.29, 1.82) is 0 Å². The van der Waals surface area contributed by atoms with Crippen LogP contribution in [0.15, 0.2) is 30.5 Å². The van der Waals surface area contributed by atoms with Crippen LogP contribution in [-0.4, -0.2) is 28.4 Å². The lowest BCUT2D eigenvalue weighted by Crippen LogP contribution is -2.12. The van der Waals surface area contributed by atoms with Crippen molar-refractivity contribution < 1.29 is 9.53 Å². The van der Waals surface area contributed by atoms with Crippen molar-refractivity contribution in [2.75, 3.05) is 12.4 Å². The maximum atomic E-state index is 11.6. The molecule has 1 aromatic heterocycles. The van der Waals surface area contributed by atoms with E-state index in [2.05, 4.69) is 20.7 Å². The van der Waals surface area contributed by atoms with E-state index in [4.69, 9.17) is 4.74 Å². The monoisotopic (exact) mass is 218 g/mol. The van der Waals surface area contributed by atoms with Gasteiger partial charge in [0.2, 0.25) is 0 Å². The number of hydrogen-bond donors (Lipinski definition) is 2. The Hall–Kier alpha value is -2.37. The highest BCUT2D eigenvalue weighted by molar-refractivity contribution is 6.02. The lowest BCUT2D eigenvalue weighted by molar-refractivity contribution is 0.102. The number of ether oxygens (including phenoxy) is 1. The van der Waals surface area contributed by atoms with Gasteiger partial charge >= 0.3 is 0 Å². The second-order valence-electron chi connectivity index (χ2n) is 3.04. The summed E-state index contributed by atoms with van der Waals surface area (Å²) >= 11 is 0. The molecule has 0 atom stereocenters. The molecule has 1 heterocycles. The van der Waals surface area contributed by atoms with Gasteiger partial charge in [-0.2, -0.15) is 15.4 Å². The number of aromatic nitrogens is 3. The van der Waals surface area contributed by atoms with Crippen molar-refractivity contribution >= 4 is 11.6 Å². The predicted molar refractivity (Wildman–Crippen MR) is 57.3 cm³/mol. The van der Waals surface area contributed by atoms with Crippen molar-refractivity contribution in [2.45, 2.75) is 0 Å². The zero-order valence-corrected chi connectivity index (χ0v) is 8.60. The van der Waals surface area contributed by atoms with Crippen molar-refractivity contribution in [3.8, 4) is 5.75 Å². The average Bonchev–Trinajstić information content (AvgIpc) is 2.83. The van der Waals surface area contributed by atoms with Gasteiger partial charge < -0.3 is 10.1 Å². The zero-order valence-electron chi connectivity index (χ0n) is 8.60. The Morgan fingerprint density at radius 3 is 3.06 bits per heavy atom. The Morgan fingerprint density at radius 2 is 2.38 bits per heavy atom. The first-order valence-corrected chi connectivity index (χ1v) is 4.61. The number of rotatable bonds is 3. The fraction of sp³-hybridized carbons (Fsp3) is 0.100. The van der Waals surface area contributed by atoms with Gasteiger partial charge in [-0.1, -0.05) is 6.07 Å². The first-order chi connectivity index (χ1) is 7.79. The molecule has 2 aromatic rings. The lowest BCUT2D eigenvalue weighted by Gasteiger charge is -2.04. The van der Waals surface area contributed by atoms with E-state index in [1.807, 2.05) is 0 Å². The minimum absolute atomic E-state index is 0.239. The molecule has 0 aliphatic carbocycles. The molecular formula is C10H10N4O2. The Labute approximate surface area is 91.6 Å². The average molecular weight is 218 g/mol. The molecule has 1 amide bonds. The normalized spacial score (nSPS) is 9.81. The van der Waals surface area contributed by atoms with E-state index in [1.54, 1.807) is 31.4 Å². The maximum Gasteiger partial charge on any atom is 0.277 e. The van der Waals surface area contributed by atoms with E-state index < -0.39 is 0 Å². The number of anilines is 1. The third-order valence-electron chi connectivity index (χ3n) is 1.98. The molecule has 2 rings (SSSR count). The lowest BCUT2D eigenvalue weighted by atomic mass is 10.3.